The summed E-state index contributed by atoms with van der Waals surface area (Å²) >= 11 is 1.97. The number of likely N-dealkylation sites (tertiary alicyclic amines) is 1. The minimum absolute atomic E-state index is 1.03. The average molecular weight is 252 g/mol. The molecule has 0 amide bonds. The Morgan fingerprint density at radius 2 is 1.82 bits per heavy atom. The molecular formula is C14H24N2S. The Morgan fingerprint density at radius 3 is 2.53 bits per heavy atom. The zero-order valence-electron chi connectivity index (χ0n) is 10.9. The van der Waals surface area contributed by atoms with Crippen molar-refractivity contribution in [2.24, 2.45) is 0 Å². The van der Waals surface area contributed by atoms with Crippen LogP contribution in [0.4, 0.5) is 0 Å². The van der Waals surface area contributed by atoms with E-state index in [9.17, 15) is 0 Å². The predicted molar refractivity (Wildman–Crippen MR) is 75.4 cm³/mol. The van der Waals surface area contributed by atoms with Crippen molar-refractivity contribution < 1.29 is 0 Å². The molecule has 0 unspecified atom stereocenters. The van der Waals surface area contributed by atoms with Crippen LogP contribution in [0.15, 0.2) is 12.1 Å². The van der Waals surface area contributed by atoms with E-state index in [1.54, 1.807) is 0 Å². The van der Waals surface area contributed by atoms with E-state index in [0.717, 1.165) is 19.6 Å². The second-order valence-electron chi connectivity index (χ2n) is 4.84. The van der Waals surface area contributed by atoms with Crippen molar-refractivity contribution in [3.05, 3.63) is 21.9 Å². The Hall–Kier alpha value is -0.380. The second-order valence-corrected chi connectivity index (χ2v) is 6.09. The van der Waals surface area contributed by atoms with Gasteiger partial charge in [0.15, 0.2) is 0 Å². The van der Waals surface area contributed by atoms with Crippen molar-refractivity contribution in [2.75, 3.05) is 19.6 Å². The zero-order chi connectivity index (χ0) is 11.9. The molecule has 17 heavy (non-hydrogen) atoms. The average Bonchev–Trinajstić information content (AvgIpc) is 2.61. The summed E-state index contributed by atoms with van der Waals surface area (Å²) < 4.78 is 0. The third kappa shape index (κ3) is 4.41. The first-order chi connectivity index (χ1) is 8.38. The highest BCUT2D eigenvalue weighted by molar-refractivity contribution is 7.11. The highest BCUT2D eigenvalue weighted by Crippen LogP contribution is 2.20. The summed E-state index contributed by atoms with van der Waals surface area (Å²) in [6.45, 7) is 7.99. The summed E-state index contributed by atoms with van der Waals surface area (Å²) in [5.74, 6) is 0. The van der Waals surface area contributed by atoms with Gasteiger partial charge in [0.2, 0.25) is 0 Å². The van der Waals surface area contributed by atoms with Crippen molar-refractivity contribution in [2.45, 2.75) is 45.7 Å². The molecule has 0 atom stereocenters. The van der Waals surface area contributed by atoms with E-state index in [1.807, 2.05) is 11.3 Å². The van der Waals surface area contributed by atoms with Crippen LogP contribution >= 0.6 is 11.3 Å². The number of thiophene rings is 1. The number of hydrogen-bond donors (Lipinski definition) is 1. The molecule has 0 bridgehead atoms. The molecule has 1 N–H and O–H groups in total. The van der Waals surface area contributed by atoms with Gasteiger partial charge in [0.1, 0.15) is 0 Å². The maximum atomic E-state index is 3.39. The van der Waals surface area contributed by atoms with Gasteiger partial charge in [-0.2, -0.15) is 0 Å². The van der Waals surface area contributed by atoms with Gasteiger partial charge >= 0.3 is 0 Å². The first kappa shape index (κ1) is 13.1. The fraction of sp³-hybridized carbons (Fsp3) is 0.714. The van der Waals surface area contributed by atoms with E-state index in [1.165, 1.54) is 48.5 Å². The van der Waals surface area contributed by atoms with E-state index < -0.39 is 0 Å². The van der Waals surface area contributed by atoms with Gasteiger partial charge in [-0.05, 0) is 44.6 Å². The molecule has 2 heterocycles. The van der Waals surface area contributed by atoms with Crippen molar-refractivity contribution in [3.8, 4) is 0 Å². The lowest BCUT2D eigenvalue weighted by Gasteiger charge is -2.18. The molecule has 1 aromatic rings. The third-order valence-corrected chi connectivity index (χ3v) is 4.41. The summed E-state index contributed by atoms with van der Waals surface area (Å²) in [4.78, 5) is 5.62. The van der Waals surface area contributed by atoms with Gasteiger partial charge in [-0.1, -0.05) is 19.8 Å². The van der Waals surface area contributed by atoms with E-state index in [4.69, 9.17) is 0 Å². The van der Waals surface area contributed by atoms with Crippen LogP contribution in [0.2, 0.25) is 0 Å². The normalized spacial score (nSPS) is 18.2. The van der Waals surface area contributed by atoms with Crippen molar-refractivity contribution in [1.82, 2.24) is 10.2 Å². The molecule has 2 nitrogen and oxygen atoms in total. The van der Waals surface area contributed by atoms with E-state index >= 15 is 0 Å². The molecule has 3 heteroatoms. The topological polar surface area (TPSA) is 15.3 Å². The lowest BCUT2D eigenvalue weighted by molar-refractivity contribution is 0.279. The van der Waals surface area contributed by atoms with Crippen LogP contribution in [0.1, 0.15) is 42.4 Å². The number of hydrogen-bond acceptors (Lipinski definition) is 3. The molecule has 0 aromatic carbocycles. The van der Waals surface area contributed by atoms with Gasteiger partial charge in [0, 0.05) is 22.8 Å². The Labute approximate surface area is 109 Å². The molecule has 0 spiro atoms. The lowest BCUT2D eigenvalue weighted by Crippen LogP contribution is -2.23. The van der Waals surface area contributed by atoms with Gasteiger partial charge in [0.05, 0.1) is 0 Å². The fourth-order valence-corrected chi connectivity index (χ4v) is 3.40. The minimum Gasteiger partial charge on any atom is -0.312 e. The summed E-state index contributed by atoms with van der Waals surface area (Å²) in [6.07, 6.45) is 5.62. The highest BCUT2D eigenvalue weighted by atomic mass is 32.1. The fourth-order valence-electron chi connectivity index (χ4n) is 2.37. The van der Waals surface area contributed by atoms with Gasteiger partial charge in [-0.3, -0.25) is 4.90 Å². The third-order valence-electron chi connectivity index (χ3n) is 3.34. The smallest absolute Gasteiger partial charge is 0.0328 e. The molecule has 1 aliphatic rings. The van der Waals surface area contributed by atoms with Crippen molar-refractivity contribution >= 4 is 11.3 Å². The largest absolute Gasteiger partial charge is 0.312 e. The molecule has 1 aliphatic heterocycles. The molecule has 1 fully saturated rings. The monoisotopic (exact) mass is 252 g/mol. The summed E-state index contributed by atoms with van der Waals surface area (Å²) in [5, 5.41) is 3.39. The zero-order valence-corrected chi connectivity index (χ0v) is 11.7. The number of nitrogens with zero attached hydrogens (tertiary/aromatic N) is 1. The second kappa shape index (κ2) is 7.14. The maximum absolute atomic E-state index is 3.39. The van der Waals surface area contributed by atoms with Crippen molar-refractivity contribution in [1.29, 1.82) is 0 Å². The maximum Gasteiger partial charge on any atom is 0.0328 e. The Balaban J connectivity index is 1.82. The van der Waals surface area contributed by atoms with E-state index in [2.05, 4.69) is 29.3 Å². The molecule has 0 saturated carbocycles. The molecule has 0 radical (unpaired) electrons. The Morgan fingerprint density at radius 1 is 1.12 bits per heavy atom. The van der Waals surface area contributed by atoms with E-state index in [-0.39, 0.29) is 0 Å². The van der Waals surface area contributed by atoms with Crippen molar-refractivity contribution in [3.63, 3.8) is 0 Å². The number of rotatable bonds is 5. The van der Waals surface area contributed by atoms with Crippen LogP contribution in [-0.4, -0.2) is 24.5 Å². The Kier molecular flexibility index (Phi) is 5.49. The standard InChI is InChI=1S/C14H24N2S/c1-2-15-11-13-7-8-14(17-13)12-16-9-5-3-4-6-10-16/h7-8,15H,2-6,9-12H2,1H3. The molecular weight excluding hydrogens is 228 g/mol. The predicted octanol–water partition coefficient (Wildman–Crippen LogP) is 3.23. The first-order valence-corrected chi connectivity index (χ1v) is 7.71. The van der Waals surface area contributed by atoms with Crippen LogP contribution < -0.4 is 5.32 Å². The Bertz CT molecular complexity index is 314. The molecule has 2 rings (SSSR count). The van der Waals surface area contributed by atoms with Crippen LogP contribution in [0.5, 0.6) is 0 Å². The SMILES string of the molecule is CCNCc1ccc(CN2CCCCCC2)s1. The molecule has 0 aliphatic carbocycles. The summed E-state index contributed by atoms with van der Waals surface area (Å²) in [7, 11) is 0. The van der Waals surface area contributed by atoms with Gasteiger partial charge in [0.25, 0.3) is 0 Å². The van der Waals surface area contributed by atoms with Gasteiger partial charge in [-0.25, -0.2) is 0 Å². The van der Waals surface area contributed by atoms with Gasteiger partial charge < -0.3 is 5.32 Å². The van der Waals surface area contributed by atoms with E-state index in [0.29, 0.717) is 0 Å². The quantitative estimate of drug-likeness (QED) is 0.865. The molecule has 96 valence electrons. The van der Waals surface area contributed by atoms with Gasteiger partial charge in [-0.15, -0.1) is 11.3 Å². The molecule has 1 saturated heterocycles. The van der Waals surface area contributed by atoms with Crippen LogP contribution in [-0.2, 0) is 13.1 Å². The molecule has 1 aromatic heterocycles. The number of nitrogens with one attached hydrogen (secondary N) is 1. The first-order valence-electron chi connectivity index (χ1n) is 6.89. The lowest BCUT2D eigenvalue weighted by atomic mass is 10.2. The highest BCUT2D eigenvalue weighted by Gasteiger charge is 2.10. The summed E-state index contributed by atoms with van der Waals surface area (Å²) in [6, 6.07) is 4.59. The van der Waals surface area contributed by atoms with Crippen LogP contribution in [0, 0.1) is 0 Å². The van der Waals surface area contributed by atoms with Crippen LogP contribution in [0.3, 0.4) is 0 Å². The van der Waals surface area contributed by atoms with Crippen LogP contribution in [0.25, 0.3) is 0 Å². The minimum atomic E-state index is 1.03. The summed E-state index contributed by atoms with van der Waals surface area (Å²) in [5.41, 5.74) is 0.